The average molecular weight is 331 g/mol. The van der Waals surface area contributed by atoms with Crippen molar-refractivity contribution in [2.45, 2.75) is 0 Å². The van der Waals surface area contributed by atoms with Gasteiger partial charge in [0, 0.05) is 6.20 Å². The van der Waals surface area contributed by atoms with Crippen molar-refractivity contribution in [1.82, 2.24) is 4.98 Å². The molecule has 1 aromatic heterocycles. The quantitative estimate of drug-likeness (QED) is 0.523. The third-order valence-electron chi connectivity index (χ3n) is 3.16. The van der Waals surface area contributed by atoms with E-state index in [0.717, 1.165) is 12.4 Å². The minimum atomic E-state index is 0. The van der Waals surface area contributed by atoms with Gasteiger partial charge in [0.05, 0.1) is 6.54 Å². The van der Waals surface area contributed by atoms with Crippen molar-refractivity contribution in [3.05, 3.63) is 91.3 Å². The molecule has 0 radical (unpaired) electrons. The molecule has 0 aliphatic carbocycles. The van der Waals surface area contributed by atoms with Gasteiger partial charge in [0.25, 0.3) is 0 Å². The third kappa shape index (κ3) is 3.88. The Morgan fingerprint density at radius 2 is 1.77 bits per heavy atom. The summed E-state index contributed by atoms with van der Waals surface area (Å²) >= 11 is 0. The van der Waals surface area contributed by atoms with Gasteiger partial charge in [-0.25, -0.2) is 17.1 Å². The Balaban J connectivity index is 0.000000253. The molecule has 0 spiro atoms. The molecule has 22 heavy (non-hydrogen) atoms. The van der Waals surface area contributed by atoms with Gasteiger partial charge in [-0.05, 0) is 24.0 Å². The standard InChI is InChI=1S/C13H12N3.C5H5.Fe/c1-2-7-12(6-1)15-10-5-11-16(15)13-8-3-4-9-14-13;1-2-4-5-3-1;/h1-10H,11H2;1-5H;/q2*-1;+2. The third-order valence-corrected chi connectivity index (χ3v) is 3.16. The van der Waals surface area contributed by atoms with Crippen molar-refractivity contribution in [3.63, 3.8) is 0 Å². The summed E-state index contributed by atoms with van der Waals surface area (Å²) in [6.45, 7) is 0.863. The monoisotopic (exact) mass is 331 g/mol. The molecule has 3 aromatic rings. The van der Waals surface area contributed by atoms with Crippen LogP contribution in [0.2, 0.25) is 0 Å². The van der Waals surface area contributed by atoms with Crippen LogP contribution in [0.15, 0.2) is 91.3 Å². The van der Waals surface area contributed by atoms with Crippen molar-refractivity contribution < 1.29 is 17.1 Å². The summed E-state index contributed by atoms with van der Waals surface area (Å²) in [5, 5.41) is 4.25. The number of pyridine rings is 1. The largest absolute Gasteiger partial charge is 2.00 e. The fraction of sp³-hybridized carbons (Fsp3) is 0.0556. The molecule has 0 bridgehead atoms. The summed E-state index contributed by atoms with van der Waals surface area (Å²) in [6.07, 6.45) is 6.02. The maximum absolute atomic E-state index is 4.37. The molecule has 4 rings (SSSR count). The van der Waals surface area contributed by atoms with Gasteiger partial charge >= 0.3 is 17.1 Å². The van der Waals surface area contributed by atoms with Gasteiger partial charge in [-0.1, -0.05) is 12.1 Å². The molecular weight excluding hydrogens is 314 g/mol. The number of nitrogens with zero attached hydrogens (tertiary/aromatic N) is 3. The summed E-state index contributed by atoms with van der Waals surface area (Å²) in [4.78, 5) is 4.37. The van der Waals surface area contributed by atoms with Crippen LogP contribution in [-0.2, 0) is 17.1 Å². The SMILES string of the molecule is C1=CN([c-]2cccc2)N(c2ccccn2)C1.[Fe+2].c1cc[cH-]c1. The second-order valence-electron chi connectivity index (χ2n) is 4.60. The maximum Gasteiger partial charge on any atom is 2.00 e. The van der Waals surface area contributed by atoms with E-state index >= 15 is 0 Å². The number of aromatic nitrogens is 1. The van der Waals surface area contributed by atoms with Gasteiger partial charge in [0.1, 0.15) is 5.82 Å². The van der Waals surface area contributed by atoms with Gasteiger partial charge in [-0.3, -0.25) is 5.01 Å². The minimum absolute atomic E-state index is 0. The van der Waals surface area contributed by atoms with Crippen LogP contribution in [0.3, 0.4) is 0 Å². The Morgan fingerprint density at radius 1 is 1.00 bits per heavy atom. The first-order chi connectivity index (χ1) is 10.4. The fourth-order valence-electron chi connectivity index (χ4n) is 2.19. The first-order valence-corrected chi connectivity index (χ1v) is 6.98. The molecule has 0 unspecified atom stereocenters. The van der Waals surface area contributed by atoms with Gasteiger partial charge < -0.3 is 5.01 Å². The Kier molecular flexibility index (Phi) is 6.01. The van der Waals surface area contributed by atoms with E-state index in [1.807, 2.05) is 66.9 Å². The molecule has 0 saturated carbocycles. The van der Waals surface area contributed by atoms with E-state index in [2.05, 4.69) is 39.4 Å². The second kappa shape index (κ2) is 8.23. The molecule has 0 amide bonds. The van der Waals surface area contributed by atoms with Crippen LogP contribution >= 0.6 is 0 Å². The summed E-state index contributed by atoms with van der Waals surface area (Å²) < 4.78 is 0. The van der Waals surface area contributed by atoms with Crippen molar-refractivity contribution in [1.29, 1.82) is 0 Å². The number of hydrazine groups is 1. The van der Waals surface area contributed by atoms with Crippen LogP contribution in [0.5, 0.6) is 0 Å². The molecule has 1 aliphatic rings. The Labute approximate surface area is 141 Å². The van der Waals surface area contributed by atoms with E-state index in [4.69, 9.17) is 0 Å². The Bertz CT molecular complexity index is 628. The number of anilines is 2. The summed E-state index contributed by atoms with van der Waals surface area (Å²) in [6, 6.07) is 24.2. The molecule has 0 atom stereocenters. The number of rotatable bonds is 2. The Hall–Kier alpha value is -2.29. The zero-order valence-electron chi connectivity index (χ0n) is 12.1. The zero-order valence-corrected chi connectivity index (χ0v) is 13.2. The number of hydrogen-bond acceptors (Lipinski definition) is 3. The Morgan fingerprint density at radius 3 is 2.36 bits per heavy atom. The summed E-state index contributed by atoms with van der Waals surface area (Å²) in [5.74, 6) is 0.966. The van der Waals surface area contributed by atoms with Crippen LogP contribution in [0.25, 0.3) is 0 Å². The van der Waals surface area contributed by atoms with E-state index < -0.39 is 0 Å². The molecule has 0 N–H and O–H groups in total. The number of hydrogen-bond donors (Lipinski definition) is 0. The van der Waals surface area contributed by atoms with Gasteiger partial charge in [0.15, 0.2) is 0 Å². The summed E-state index contributed by atoms with van der Waals surface area (Å²) in [5.41, 5.74) is 1.17. The van der Waals surface area contributed by atoms with Crippen LogP contribution in [-0.4, -0.2) is 11.5 Å². The van der Waals surface area contributed by atoms with Crippen LogP contribution < -0.4 is 10.0 Å². The van der Waals surface area contributed by atoms with Gasteiger partial charge in [-0.2, -0.15) is 30.3 Å². The zero-order chi connectivity index (χ0) is 14.3. The smallest absolute Gasteiger partial charge is 0.338 e. The molecule has 0 saturated heterocycles. The molecule has 1 aliphatic heterocycles. The molecule has 2 aromatic carbocycles. The van der Waals surface area contributed by atoms with Crippen LogP contribution in [0.4, 0.5) is 11.5 Å². The molecule has 4 heteroatoms. The average Bonchev–Trinajstić information content (AvgIpc) is 3.29. The summed E-state index contributed by atoms with van der Waals surface area (Å²) in [7, 11) is 0. The van der Waals surface area contributed by atoms with E-state index in [0.29, 0.717) is 0 Å². The molecule has 2 heterocycles. The van der Waals surface area contributed by atoms with E-state index in [1.54, 1.807) is 0 Å². The van der Waals surface area contributed by atoms with Crippen molar-refractivity contribution >= 4 is 11.5 Å². The fourth-order valence-corrected chi connectivity index (χ4v) is 2.19. The molecular formula is C18H17FeN3. The second-order valence-corrected chi connectivity index (χ2v) is 4.60. The van der Waals surface area contributed by atoms with Crippen LogP contribution in [0.1, 0.15) is 0 Å². The molecule has 112 valence electrons. The molecule has 0 fully saturated rings. The minimum Gasteiger partial charge on any atom is -0.338 e. The van der Waals surface area contributed by atoms with Crippen LogP contribution in [0, 0.1) is 0 Å². The van der Waals surface area contributed by atoms with E-state index in [-0.39, 0.29) is 17.1 Å². The first kappa shape index (κ1) is 16.1. The van der Waals surface area contributed by atoms with Crippen molar-refractivity contribution in [3.8, 4) is 0 Å². The van der Waals surface area contributed by atoms with Crippen molar-refractivity contribution in [2.24, 2.45) is 0 Å². The van der Waals surface area contributed by atoms with Crippen molar-refractivity contribution in [2.75, 3.05) is 16.6 Å². The maximum atomic E-state index is 4.37. The topological polar surface area (TPSA) is 19.4 Å². The van der Waals surface area contributed by atoms with Gasteiger partial charge in [0.2, 0.25) is 0 Å². The normalized spacial score (nSPS) is 12.5. The molecule has 3 nitrogen and oxygen atoms in total. The first-order valence-electron chi connectivity index (χ1n) is 6.98. The van der Waals surface area contributed by atoms with E-state index in [9.17, 15) is 0 Å². The predicted octanol–water partition coefficient (Wildman–Crippen LogP) is 3.96. The van der Waals surface area contributed by atoms with E-state index in [1.165, 1.54) is 5.69 Å². The predicted molar refractivity (Wildman–Crippen MR) is 87.3 cm³/mol. The van der Waals surface area contributed by atoms with Gasteiger partial charge in [-0.15, -0.1) is 12.1 Å².